The number of hydrogen-bond donors (Lipinski definition) is 1. The predicted molar refractivity (Wildman–Crippen MR) is 123 cm³/mol. The Morgan fingerprint density at radius 1 is 1.06 bits per heavy atom. The van der Waals surface area contributed by atoms with Crippen molar-refractivity contribution >= 4 is 21.7 Å². The van der Waals surface area contributed by atoms with Gasteiger partial charge in [0, 0.05) is 25.6 Å². The molecule has 0 radical (unpaired) electrons. The second kappa shape index (κ2) is 9.53. The smallest absolute Gasteiger partial charge is 0.243 e. The fraction of sp³-hybridized carbons (Fsp3) is 0.565. The van der Waals surface area contributed by atoms with Crippen LogP contribution in [0, 0.1) is 6.92 Å². The summed E-state index contributed by atoms with van der Waals surface area (Å²) < 4.78 is 29.2. The molecule has 0 bridgehead atoms. The summed E-state index contributed by atoms with van der Waals surface area (Å²) in [5, 5.41) is 7.42. The highest BCUT2D eigenvalue weighted by atomic mass is 32.2. The molecule has 8 heteroatoms. The summed E-state index contributed by atoms with van der Waals surface area (Å²) in [5.74, 6) is 0.598. The maximum Gasteiger partial charge on any atom is 0.243 e. The molecule has 31 heavy (non-hydrogen) atoms. The summed E-state index contributed by atoms with van der Waals surface area (Å²) in [6.45, 7) is 9.20. The first kappa shape index (κ1) is 23.5. The quantitative estimate of drug-likeness (QED) is 0.725. The zero-order valence-corrected chi connectivity index (χ0v) is 19.8. The van der Waals surface area contributed by atoms with Crippen LogP contribution in [0.4, 0.5) is 5.82 Å². The summed E-state index contributed by atoms with van der Waals surface area (Å²) in [4.78, 5) is 12.8. The topological polar surface area (TPSA) is 84.3 Å². The average molecular weight is 447 g/mol. The summed E-state index contributed by atoms with van der Waals surface area (Å²) in [5.41, 5.74) is 1.56. The van der Waals surface area contributed by atoms with Gasteiger partial charge in [0.05, 0.1) is 16.1 Å². The Hall–Kier alpha value is -2.19. The number of aryl methyl sites for hydroxylation is 2. The van der Waals surface area contributed by atoms with E-state index in [0.29, 0.717) is 36.6 Å². The lowest BCUT2D eigenvalue weighted by molar-refractivity contribution is -0.116. The van der Waals surface area contributed by atoms with Crippen LogP contribution in [0.25, 0.3) is 0 Å². The Bertz CT molecular complexity index is 996. The first-order valence-corrected chi connectivity index (χ1v) is 12.5. The third-order valence-electron chi connectivity index (χ3n) is 5.50. The van der Waals surface area contributed by atoms with E-state index in [0.717, 1.165) is 36.9 Å². The highest BCUT2D eigenvalue weighted by Gasteiger charge is 2.25. The van der Waals surface area contributed by atoms with Crippen LogP contribution in [0.1, 0.15) is 64.1 Å². The number of carbonyl (C=O) groups is 1. The maximum atomic E-state index is 12.9. The molecule has 1 aliphatic heterocycles. The molecule has 170 valence electrons. The highest BCUT2D eigenvalue weighted by Crippen LogP contribution is 2.23. The Morgan fingerprint density at radius 2 is 1.68 bits per heavy atom. The number of aromatic nitrogens is 2. The Morgan fingerprint density at radius 3 is 2.26 bits per heavy atom. The molecule has 7 nitrogen and oxygen atoms in total. The van der Waals surface area contributed by atoms with Gasteiger partial charge in [0.2, 0.25) is 15.9 Å². The van der Waals surface area contributed by atoms with Crippen molar-refractivity contribution in [1.29, 1.82) is 0 Å². The molecule has 1 N–H and O–H groups in total. The minimum absolute atomic E-state index is 0.0911. The van der Waals surface area contributed by atoms with E-state index in [1.807, 2.05) is 50.6 Å². The van der Waals surface area contributed by atoms with Crippen LogP contribution >= 0.6 is 0 Å². The second-order valence-corrected chi connectivity index (χ2v) is 11.2. The third kappa shape index (κ3) is 5.95. The molecule has 0 atom stereocenters. The van der Waals surface area contributed by atoms with Crippen molar-refractivity contribution in [2.75, 3.05) is 18.4 Å². The number of anilines is 1. The van der Waals surface area contributed by atoms with Crippen molar-refractivity contribution in [2.45, 2.75) is 76.7 Å². The van der Waals surface area contributed by atoms with Gasteiger partial charge >= 0.3 is 0 Å². The van der Waals surface area contributed by atoms with Crippen LogP contribution in [0.3, 0.4) is 0 Å². The minimum Gasteiger partial charge on any atom is -0.311 e. The van der Waals surface area contributed by atoms with Gasteiger partial charge in [-0.3, -0.25) is 4.79 Å². The van der Waals surface area contributed by atoms with Gasteiger partial charge in [0.25, 0.3) is 0 Å². The van der Waals surface area contributed by atoms with Gasteiger partial charge in [0.1, 0.15) is 5.82 Å². The largest absolute Gasteiger partial charge is 0.311 e. The van der Waals surface area contributed by atoms with Gasteiger partial charge in [-0.25, -0.2) is 13.1 Å². The number of rotatable bonds is 6. The Balaban J connectivity index is 1.60. The standard InChI is InChI=1S/C23H34N4O3S/c1-18-17-21(27(25-18)23(2,3)4)24-22(28)14-11-19-9-12-20(13-10-19)31(29,30)26-15-7-5-6-8-16-26/h9-10,12-13,17H,5-8,11,14-16H2,1-4H3,(H,24,28). The van der Waals surface area contributed by atoms with Crippen LogP contribution in [0.15, 0.2) is 35.2 Å². The number of hydrogen-bond acceptors (Lipinski definition) is 4. The second-order valence-electron chi connectivity index (χ2n) is 9.26. The molecular weight excluding hydrogens is 412 g/mol. The van der Waals surface area contributed by atoms with Gasteiger partial charge in [-0.05, 0) is 64.7 Å². The van der Waals surface area contributed by atoms with E-state index in [-0.39, 0.29) is 11.4 Å². The summed E-state index contributed by atoms with van der Waals surface area (Å²) in [7, 11) is -3.45. The van der Waals surface area contributed by atoms with E-state index in [4.69, 9.17) is 0 Å². The van der Waals surface area contributed by atoms with E-state index in [1.165, 1.54) is 0 Å². The van der Waals surface area contributed by atoms with Crippen LogP contribution < -0.4 is 5.32 Å². The van der Waals surface area contributed by atoms with Gasteiger partial charge in [-0.2, -0.15) is 9.40 Å². The van der Waals surface area contributed by atoms with Crippen molar-refractivity contribution in [3.8, 4) is 0 Å². The van der Waals surface area contributed by atoms with E-state index in [2.05, 4.69) is 10.4 Å². The number of nitrogens with one attached hydrogen (secondary N) is 1. The lowest BCUT2D eigenvalue weighted by Gasteiger charge is -2.22. The van der Waals surface area contributed by atoms with Crippen molar-refractivity contribution in [2.24, 2.45) is 0 Å². The summed E-state index contributed by atoms with van der Waals surface area (Å²) in [6.07, 6.45) is 4.86. The lowest BCUT2D eigenvalue weighted by atomic mass is 10.1. The predicted octanol–water partition coefficient (Wildman–Crippen LogP) is 4.08. The zero-order chi connectivity index (χ0) is 22.6. The number of carbonyl (C=O) groups excluding carboxylic acids is 1. The van der Waals surface area contributed by atoms with E-state index >= 15 is 0 Å². The number of amides is 1. The molecule has 2 aromatic rings. The molecule has 1 aromatic heterocycles. The first-order chi connectivity index (χ1) is 14.6. The molecule has 1 amide bonds. The molecule has 2 heterocycles. The van der Waals surface area contributed by atoms with E-state index < -0.39 is 10.0 Å². The van der Waals surface area contributed by atoms with Crippen molar-refractivity contribution in [3.05, 3.63) is 41.6 Å². The normalized spacial score (nSPS) is 16.1. The Kier molecular flexibility index (Phi) is 7.21. The summed E-state index contributed by atoms with van der Waals surface area (Å²) in [6, 6.07) is 8.80. The molecule has 0 spiro atoms. The SMILES string of the molecule is Cc1cc(NC(=O)CCc2ccc(S(=O)(=O)N3CCCCCC3)cc2)n(C(C)(C)C)n1. The number of sulfonamides is 1. The molecular formula is C23H34N4O3S. The first-order valence-electron chi connectivity index (χ1n) is 11.0. The molecule has 0 saturated carbocycles. The third-order valence-corrected chi connectivity index (χ3v) is 7.41. The average Bonchev–Trinajstić information content (AvgIpc) is 2.91. The van der Waals surface area contributed by atoms with E-state index in [9.17, 15) is 13.2 Å². The highest BCUT2D eigenvalue weighted by molar-refractivity contribution is 7.89. The molecule has 1 fully saturated rings. The minimum atomic E-state index is -3.45. The van der Waals surface area contributed by atoms with Gasteiger partial charge in [-0.1, -0.05) is 25.0 Å². The van der Waals surface area contributed by atoms with Gasteiger partial charge < -0.3 is 5.32 Å². The zero-order valence-electron chi connectivity index (χ0n) is 19.0. The number of benzene rings is 1. The van der Waals surface area contributed by atoms with Gasteiger partial charge in [-0.15, -0.1) is 0 Å². The fourth-order valence-electron chi connectivity index (χ4n) is 3.82. The Labute approximate surface area is 185 Å². The molecule has 1 aliphatic rings. The molecule has 1 saturated heterocycles. The van der Waals surface area contributed by atoms with Crippen LogP contribution in [-0.2, 0) is 26.8 Å². The van der Waals surface area contributed by atoms with Gasteiger partial charge in [0.15, 0.2) is 0 Å². The summed E-state index contributed by atoms with van der Waals surface area (Å²) >= 11 is 0. The van der Waals surface area contributed by atoms with Crippen molar-refractivity contribution < 1.29 is 13.2 Å². The van der Waals surface area contributed by atoms with Crippen LogP contribution in [-0.4, -0.2) is 41.5 Å². The van der Waals surface area contributed by atoms with Crippen LogP contribution in [0.2, 0.25) is 0 Å². The van der Waals surface area contributed by atoms with E-state index in [1.54, 1.807) is 16.4 Å². The van der Waals surface area contributed by atoms with Crippen molar-refractivity contribution in [1.82, 2.24) is 14.1 Å². The number of nitrogens with zero attached hydrogens (tertiary/aromatic N) is 3. The maximum absolute atomic E-state index is 12.9. The lowest BCUT2D eigenvalue weighted by Crippen LogP contribution is -2.31. The fourth-order valence-corrected chi connectivity index (χ4v) is 5.34. The molecule has 0 aliphatic carbocycles. The molecule has 3 rings (SSSR count). The van der Waals surface area contributed by atoms with Crippen LogP contribution in [0.5, 0.6) is 0 Å². The monoisotopic (exact) mass is 446 g/mol. The van der Waals surface area contributed by atoms with Crippen molar-refractivity contribution in [3.63, 3.8) is 0 Å². The molecule has 0 unspecified atom stereocenters. The molecule has 1 aromatic carbocycles.